The Kier molecular flexibility index (Phi) is 8.44. The first-order valence-electron chi connectivity index (χ1n) is 12.5. The van der Waals surface area contributed by atoms with Gasteiger partial charge in [0.15, 0.2) is 0 Å². The minimum Gasteiger partial charge on any atom is -0.477 e. The molecular weight excluding hydrogens is 585 g/mol. The van der Waals surface area contributed by atoms with Crippen LogP contribution in [0.25, 0.3) is 0 Å². The molecular formula is C29H27Cl2F4N3O3. The van der Waals surface area contributed by atoms with Crippen molar-refractivity contribution in [2.24, 2.45) is 11.1 Å². The Bertz CT molecular complexity index is 1510. The van der Waals surface area contributed by atoms with E-state index in [1.54, 1.807) is 0 Å². The number of amides is 1. The van der Waals surface area contributed by atoms with E-state index in [-0.39, 0.29) is 26.9 Å². The number of benzene rings is 3. The first-order chi connectivity index (χ1) is 19.0. The molecule has 0 aromatic heterocycles. The maximum absolute atomic E-state index is 15.6. The highest BCUT2D eigenvalue weighted by Crippen LogP contribution is 2.50. The van der Waals surface area contributed by atoms with Crippen LogP contribution in [0, 0.1) is 28.7 Å². The highest BCUT2D eigenvalue weighted by Gasteiger charge is 2.58. The van der Waals surface area contributed by atoms with Crippen molar-refractivity contribution in [3.63, 3.8) is 0 Å². The molecule has 0 unspecified atom stereocenters. The lowest BCUT2D eigenvalue weighted by Gasteiger charge is -2.40. The first-order valence-corrected chi connectivity index (χ1v) is 13.3. The van der Waals surface area contributed by atoms with Gasteiger partial charge in [0.2, 0.25) is 5.91 Å². The molecule has 1 amide bonds. The summed E-state index contributed by atoms with van der Waals surface area (Å²) in [5.41, 5.74) is 3.22. The minimum absolute atomic E-state index is 0.0359. The molecule has 12 heteroatoms. The summed E-state index contributed by atoms with van der Waals surface area (Å²) in [6, 6.07) is 7.13. The molecule has 0 saturated carbocycles. The predicted molar refractivity (Wildman–Crippen MR) is 148 cm³/mol. The Labute approximate surface area is 243 Å². The Balaban J connectivity index is 1.90. The fourth-order valence-corrected chi connectivity index (χ4v) is 5.81. The lowest BCUT2D eigenvalue weighted by molar-refractivity contribution is -0.118. The van der Waals surface area contributed by atoms with Crippen LogP contribution in [0.15, 0.2) is 48.5 Å². The molecule has 0 spiro atoms. The number of aromatic carboxylic acids is 1. The molecule has 1 aliphatic heterocycles. The van der Waals surface area contributed by atoms with Crippen molar-refractivity contribution < 1.29 is 32.3 Å². The van der Waals surface area contributed by atoms with E-state index in [0.717, 1.165) is 6.07 Å². The molecule has 4 atom stereocenters. The van der Waals surface area contributed by atoms with E-state index in [2.05, 4.69) is 10.6 Å². The molecule has 4 rings (SSSR count). The third kappa shape index (κ3) is 5.92. The lowest BCUT2D eigenvalue weighted by Crippen LogP contribution is -2.52. The Morgan fingerprint density at radius 3 is 2.22 bits per heavy atom. The van der Waals surface area contributed by atoms with E-state index in [9.17, 15) is 18.4 Å². The summed E-state index contributed by atoms with van der Waals surface area (Å²) in [4.78, 5) is 24.9. The number of nitrogens with two attached hydrogens (primary N) is 1. The summed E-state index contributed by atoms with van der Waals surface area (Å²) >= 11 is 12.1. The third-order valence-corrected chi connectivity index (χ3v) is 7.67. The van der Waals surface area contributed by atoms with E-state index >= 15 is 8.78 Å². The van der Waals surface area contributed by atoms with Crippen LogP contribution >= 0.6 is 23.2 Å². The van der Waals surface area contributed by atoms with Crippen molar-refractivity contribution in [1.82, 2.24) is 5.32 Å². The van der Waals surface area contributed by atoms with Gasteiger partial charge < -0.3 is 21.5 Å². The van der Waals surface area contributed by atoms with Crippen LogP contribution < -0.4 is 16.4 Å². The standard InChI is InChI=1S/C29H27Cl2F4N3O3/c1-28(2,3)12-21-29(36,16-8-7-13(30)9-18(16)32)23(15-5-4-6-17(31)24(15)35)25(38-21)26(39)37-14-10-19(33)22(27(40)41)20(34)11-14/h4-11,21,23,25,38H,12,36H2,1-3H3,(H,37,39)(H,40,41)/t21-,23-,25+,29+/m0/s1. The molecule has 0 bridgehead atoms. The molecule has 1 heterocycles. The zero-order valence-corrected chi connectivity index (χ0v) is 23.7. The van der Waals surface area contributed by atoms with Crippen LogP contribution in [-0.4, -0.2) is 29.1 Å². The number of anilines is 1. The molecule has 41 heavy (non-hydrogen) atoms. The van der Waals surface area contributed by atoms with E-state index in [4.69, 9.17) is 34.0 Å². The van der Waals surface area contributed by atoms with Gasteiger partial charge in [0.25, 0.3) is 0 Å². The molecule has 1 saturated heterocycles. The summed E-state index contributed by atoms with van der Waals surface area (Å²) < 4.78 is 59.9. The molecule has 1 aliphatic rings. The van der Waals surface area contributed by atoms with Crippen LogP contribution in [-0.2, 0) is 10.3 Å². The highest BCUT2D eigenvalue weighted by molar-refractivity contribution is 6.31. The third-order valence-electron chi connectivity index (χ3n) is 7.14. The van der Waals surface area contributed by atoms with Gasteiger partial charge in [0.1, 0.15) is 28.8 Å². The monoisotopic (exact) mass is 611 g/mol. The van der Waals surface area contributed by atoms with Crippen LogP contribution in [0.1, 0.15) is 54.6 Å². The van der Waals surface area contributed by atoms with Crippen LogP contribution in [0.2, 0.25) is 10.0 Å². The van der Waals surface area contributed by atoms with E-state index in [1.807, 2.05) is 20.8 Å². The Morgan fingerprint density at radius 2 is 1.66 bits per heavy atom. The summed E-state index contributed by atoms with van der Waals surface area (Å²) in [6.45, 7) is 5.72. The number of hydrogen-bond donors (Lipinski definition) is 4. The van der Waals surface area contributed by atoms with Crippen LogP contribution in [0.3, 0.4) is 0 Å². The minimum atomic E-state index is -1.82. The van der Waals surface area contributed by atoms with Crippen LogP contribution in [0.5, 0.6) is 0 Å². The fraction of sp³-hybridized carbons (Fsp3) is 0.310. The SMILES string of the molecule is CC(C)(C)C[C@@H]1N[C@@H](C(=O)Nc2cc(F)c(C(=O)O)c(F)c2)[C@H](c2cccc(Cl)c2F)[C@@]1(N)c1ccc(Cl)cc1F. The van der Waals surface area contributed by atoms with Crippen molar-refractivity contribution in [1.29, 1.82) is 0 Å². The van der Waals surface area contributed by atoms with E-state index in [1.165, 1.54) is 30.3 Å². The topological polar surface area (TPSA) is 104 Å². The molecule has 3 aromatic carbocycles. The van der Waals surface area contributed by atoms with Gasteiger partial charge in [-0.05, 0) is 47.7 Å². The highest BCUT2D eigenvalue weighted by atomic mass is 35.5. The molecule has 6 nitrogen and oxygen atoms in total. The first kappa shape index (κ1) is 30.8. The maximum atomic E-state index is 15.6. The average molecular weight is 612 g/mol. The summed E-state index contributed by atoms with van der Waals surface area (Å²) in [5.74, 6) is -8.45. The van der Waals surface area contributed by atoms with Crippen molar-refractivity contribution >= 4 is 40.8 Å². The van der Waals surface area contributed by atoms with Crippen molar-refractivity contribution in [3.8, 4) is 0 Å². The van der Waals surface area contributed by atoms with E-state index in [0.29, 0.717) is 18.6 Å². The number of carboxylic acid groups (broad SMARTS) is 1. The zero-order chi connectivity index (χ0) is 30.4. The molecule has 5 N–H and O–H groups in total. The summed E-state index contributed by atoms with van der Waals surface area (Å²) in [6.07, 6.45) is 0.296. The van der Waals surface area contributed by atoms with Gasteiger partial charge in [-0.1, -0.05) is 62.2 Å². The van der Waals surface area contributed by atoms with Crippen LogP contribution in [0.4, 0.5) is 23.2 Å². The number of carboxylic acids is 1. The number of nitrogens with one attached hydrogen (secondary N) is 2. The predicted octanol–water partition coefficient (Wildman–Crippen LogP) is 6.60. The molecule has 1 fully saturated rings. The van der Waals surface area contributed by atoms with Gasteiger partial charge >= 0.3 is 5.97 Å². The van der Waals surface area contributed by atoms with Crippen molar-refractivity contribution in [2.45, 2.75) is 50.7 Å². The Morgan fingerprint density at radius 1 is 1.02 bits per heavy atom. The number of carbonyl (C=O) groups excluding carboxylic acids is 1. The second-order valence-electron chi connectivity index (χ2n) is 11.2. The van der Waals surface area contributed by atoms with E-state index < -0.39 is 69.7 Å². The maximum Gasteiger partial charge on any atom is 0.341 e. The van der Waals surface area contributed by atoms with Crippen molar-refractivity contribution in [2.75, 3.05) is 5.32 Å². The fourth-order valence-electron chi connectivity index (χ4n) is 5.47. The van der Waals surface area contributed by atoms with Gasteiger partial charge in [0, 0.05) is 28.2 Å². The smallest absolute Gasteiger partial charge is 0.341 e. The lowest BCUT2D eigenvalue weighted by atomic mass is 9.68. The van der Waals surface area contributed by atoms with Gasteiger partial charge in [-0.3, -0.25) is 4.79 Å². The summed E-state index contributed by atoms with van der Waals surface area (Å²) in [5, 5.41) is 14.4. The largest absolute Gasteiger partial charge is 0.477 e. The molecule has 218 valence electrons. The van der Waals surface area contributed by atoms with Gasteiger partial charge in [-0.15, -0.1) is 0 Å². The number of carbonyl (C=O) groups is 2. The number of rotatable bonds is 6. The zero-order valence-electron chi connectivity index (χ0n) is 22.2. The van der Waals surface area contributed by atoms with Gasteiger partial charge in [-0.2, -0.15) is 0 Å². The molecule has 0 aliphatic carbocycles. The summed E-state index contributed by atoms with van der Waals surface area (Å²) in [7, 11) is 0. The number of hydrogen-bond acceptors (Lipinski definition) is 4. The average Bonchev–Trinajstić information content (AvgIpc) is 3.11. The second kappa shape index (κ2) is 11.2. The number of halogens is 6. The quantitative estimate of drug-likeness (QED) is 0.235. The van der Waals surface area contributed by atoms with Gasteiger partial charge in [0.05, 0.1) is 16.6 Å². The Hall–Kier alpha value is -3.18. The molecule has 3 aromatic rings. The second-order valence-corrected chi connectivity index (χ2v) is 12.1. The van der Waals surface area contributed by atoms with Gasteiger partial charge in [-0.25, -0.2) is 22.4 Å². The van der Waals surface area contributed by atoms with Crippen molar-refractivity contribution in [3.05, 3.63) is 98.5 Å². The molecule has 0 radical (unpaired) electrons. The normalized spacial score (nSPS) is 22.5.